The number of aliphatic imine (C=N–C) groups is 1. The van der Waals surface area contributed by atoms with Crippen LogP contribution in [0.4, 0.5) is 13.2 Å². The molecule has 1 aliphatic heterocycles. The molecule has 0 spiro atoms. The molecule has 10 heteroatoms. The van der Waals surface area contributed by atoms with E-state index in [0.29, 0.717) is 35.1 Å². The molecule has 0 atom stereocenters. The number of nitrogens with one attached hydrogen (secondary N) is 2. The van der Waals surface area contributed by atoms with E-state index in [0.717, 1.165) is 0 Å². The third kappa shape index (κ3) is 6.58. The summed E-state index contributed by atoms with van der Waals surface area (Å²) in [5, 5.41) is 6.10. The van der Waals surface area contributed by atoms with Gasteiger partial charge in [-0.15, -0.1) is 24.0 Å². The van der Waals surface area contributed by atoms with E-state index in [1.807, 2.05) is 6.92 Å². The van der Waals surface area contributed by atoms with Crippen molar-refractivity contribution in [1.82, 2.24) is 10.6 Å². The maximum atomic E-state index is 13.3. The first-order chi connectivity index (χ1) is 13.5. The summed E-state index contributed by atoms with van der Waals surface area (Å²) < 4.78 is 53.8. The highest BCUT2D eigenvalue weighted by Gasteiger charge is 2.20. The van der Waals surface area contributed by atoms with E-state index in [4.69, 9.17) is 9.47 Å². The topological polar surface area (TPSA) is 64.1 Å². The summed E-state index contributed by atoms with van der Waals surface area (Å²) in [6.07, 6.45) is 0. The maximum Gasteiger partial charge on any atom is 0.387 e. The number of hydrogen-bond acceptors (Lipinski definition) is 4. The van der Waals surface area contributed by atoms with Crippen molar-refractivity contribution in [1.29, 1.82) is 0 Å². The summed E-state index contributed by atoms with van der Waals surface area (Å²) in [5.41, 5.74) is 1.17. The molecule has 0 saturated heterocycles. The van der Waals surface area contributed by atoms with Crippen LogP contribution in [0.15, 0.2) is 41.4 Å². The lowest BCUT2D eigenvalue weighted by Gasteiger charge is -2.15. The van der Waals surface area contributed by atoms with Crippen molar-refractivity contribution in [2.45, 2.75) is 26.6 Å². The van der Waals surface area contributed by atoms with Crippen molar-refractivity contribution in [2.75, 3.05) is 13.3 Å². The van der Waals surface area contributed by atoms with Gasteiger partial charge in [0.2, 0.25) is 6.79 Å². The van der Waals surface area contributed by atoms with Crippen LogP contribution < -0.4 is 24.8 Å². The summed E-state index contributed by atoms with van der Waals surface area (Å²) in [4.78, 5) is 4.39. The van der Waals surface area contributed by atoms with Crippen molar-refractivity contribution in [3.05, 3.63) is 53.3 Å². The summed E-state index contributed by atoms with van der Waals surface area (Å²) in [5.74, 6) is 0.922. The minimum atomic E-state index is -2.96. The lowest BCUT2D eigenvalue weighted by molar-refractivity contribution is -0.0505. The molecule has 6 nitrogen and oxygen atoms in total. The predicted octanol–water partition coefficient (Wildman–Crippen LogP) is 4.03. The summed E-state index contributed by atoms with van der Waals surface area (Å²) in [6.45, 7) is -0.0312. The Hall–Kier alpha value is -2.37. The molecule has 0 unspecified atom stereocenters. The normalized spacial score (nSPS) is 12.5. The number of benzene rings is 2. The van der Waals surface area contributed by atoms with Crippen LogP contribution in [0.3, 0.4) is 0 Å². The fourth-order valence-electron chi connectivity index (χ4n) is 2.64. The minimum Gasteiger partial charge on any atom is -0.454 e. The van der Waals surface area contributed by atoms with Gasteiger partial charge in [-0.25, -0.2) is 9.38 Å². The smallest absolute Gasteiger partial charge is 0.387 e. The van der Waals surface area contributed by atoms with Crippen molar-refractivity contribution in [2.24, 2.45) is 4.99 Å². The Balaban J connectivity index is 0.00000300. The first-order valence-electron chi connectivity index (χ1n) is 8.69. The van der Waals surface area contributed by atoms with Crippen molar-refractivity contribution >= 4 is 29.9 Å². The predicted molar refractivity (Wildman–Crippen MR) is 113 cm³/mol. The maximum absolute atomic E-state index is 13.3. The number of halogens is 4. The zero-order chi connectivity index (χ0) is 19.9. The third-order valence-electron chi connectivity index (χ3n) is 3.87. The van der Waals surface area contributed by atoms with Crippen LogP contribution in [0.2, 0.25) is 0 Å². The number of guanidine groups is 1. The molecule has 158 valence electrons. The molecule has 2 aromatic rings. The van der Waals surface area contributed by atoms with Gasteiger partial charge >= 0.3 is 6.61 Å². The van der Waals surface area contributed by atoms with Crippen LogP contribution in [0.1, 0.15) is 18.1 Å². The molecule has 2 N–H and O–H groups in total. The first kappa shape index (κ1) is 22.9. The quantitative estimate of drug-likeness (QED) is 0.326. The lowest BCUT2D eigenvalue weighted by Crippen LogP contribution is -2.36. The Morgan fingerprint density at radius 3 is 2.62 bits per heavy atom. The SMILES string of the molecule is CCNC(=NCc1cccc(F)c1)NCc1cc2c(cc1OC(F)F)OCO2.I. The second kappa shape index (κ2) is 11.0. The fourth-order valence-corrected chi connectivity index (χ4v) is 2.64. The van der Waals surface area contributed by atoms with E-state index in [2.05, 4.69) is 20.4 Å². The molecular weight excluding hydrogens is 502 g/mol. The highest BCUT2D eigenvalue weighted by atomic mass is 127. The average Bonchev–Trinajstić information content (AvgIpc) is 3.10. The van der Waals surface area contributed by atoms with Crippen LogP contribution in [0.25, 0.3) is 0 Å². The molecule has 0 saturated carbocycles. The Bertz CT molecular complexity index is 853. The molecule has 0 aromatic heterocycles. The standard InChI is InChI=1S/C19H20F3N3O3.HI/c1-2-23-19(24-9-12-4-3-5-14(20)6-12)25-10-13-7-16-17(27-11-26-16)8-15(13)28-18(21)22;/h3-8,18H,2,9-11H2,1H3,(H2,23,24,25);1H. The van der Waals surface area contributed by atoms with E-state index in [9.17, 15) is 13.2 Å². The van der Waals surface area contributed by atoms with Crippen LogP contribution >= 0.6 is 24.0 Å². The van der Waals surface area contributed by atoms with Gasteiger partial charge in [0.15, 0.2) is 17.5 Å². The molecule has 29 heavy (non-hydrogen) atoms. The van der Waals surface area contributed by atoms with Gasteiger partial charge in [-0.05, 0) is 30.7 Å². The Kier molecular flexibility index (Phi) is 8.68. The summed E-state index contributed by atoms with van der Waals surface area (Å²) >= 11 is 0. The molecule has 0 amide bonds. The molecule has 0 radical (unpaired) electrons. The fraction of sp³-hybridized carbons (Fsp3) is 0.316. The van der Waals surface area contributed by atoms with E-state index in [1.165, 1.54) is 18.2 Å². The van der Waals surface area contributed by atoms with Crippen molar-refractivity contribution in [3.8, 4) is 17.2 Å². The summed E-state index contributed by atoms with van der Waals surface area (Å²) in [7, 11) is 0. The van der Waals surface area contributed by atoms with E-state index in [-0.39, 0.29) is 55.4 Å². The molecule has 0 aliphatic carbocycles. The number of alkyl halides is 2. The van der Waals surface area contributed by atoms with E-state index < -0.39 is 6.61 Å². The number of ether oxygens (including phenoxy) is 3. The lowest BCUT2D eigenvalue weighted by atomic mass is 10.1. The zero-order valence-electron chi connectivity index (χ0n) is 15.6. The number of rotatable bonds is 7. The van der Waals surface area contributed by atoms with Gasteiger partial charge in [0.05, 0.1) is 6.54 Å². The molecular formula is C19H21F3IN3O3. The van der Waals surface area contributed by atoms with Crippen molar-refractivity contribution in [3.63, 3.8) is 0 Å². The average molecular weight is 523 g/mol. The molecule has 1 heterocycles. The monoisotopic (exact) mass is 523 g/mol. The molecule has 0 bridgehead atoms. The second-order valence-electron chi connectivity index (χ2n) is 5.87. The molecule has 1 aliphatic rings. The Morgan fingerprint density at radius 2 is 1.93 bits per heavy atom. The van der Waals surface area contributed by atoms with Gasteiger partial charge in [0.1, 0.15) is 11.6 Å². The largest absolute Gasteiger partial charge is 0.454 e. The minimum absolute atomic E-state index is 0. The van der Waals surface area contributed by atoms with E-state index >= 15 is 0 Å². The third-order valence-corrected chi connectivity index (χ3v) is 3.87. The van der Waals surface area contributed by atoms with Gasteiger partial charge in [0.25, 0.3) is 0 Å². The molecule has 3 rings (SSSR count). The Labute approximate surface area is 183 Å². The number of nitrogens with zero attached hydrogens (tertiary/aromatic N) is 1. The van der Waals surface area contributed by atoms with Gasteiger partial charge in [-0.2, -0.15) is 8.78 Å². The molecule has 0 fully saturated rings. The summed E-state index contributed by atoms with van der Waals surface area (Å²) in [6, 6.07) is 9.11. The highest BCUT2D eigenvalue weighted by molar-refractivity contribution is 14.0. The van der Waals surface area contributed by atoms with Gasteiger partial charge in [-0.3, -0.25) is 0 Å². The first-order valence-corrected chi connectivity index (χ1v) is 8.69. The number of hydrogen-bond donors (Lipinski definition) is 2. The Morgan fingerprint density at radius 1 is 1.17 bits per heavy atom. The zero-order valence-corrected chi connectivity index (χ0v) is 17.9. The van der Waals surface area contributed by atoms with Crippen LogP contribution in [0, 0.1) is 5.82 Å². The molecule has 2 aromatic carbocycles. The van der Waals surface area contributed by atoms with Gasteiger partial charge in [0, 0.05) is 24.7 Å². The van der Waals surface area contributed by atoms with Crippen LogP contribution in [-0.4, -0.2) is 25.9 Å². The van der Waals surface area contributed by atoms with Gasteiger partial charge in [-0.1, -0.05) is 12.1 Å². The van der Waals surface area contributed by atoms with Gasteiger partial charge < -0.3 is 24.8 Å². The van der Waals surface area contributed by atoms with E-state index in [1.54, 1.807) is 18.2 Å². The number of fused-ring (bicyclic) bond motifs is 1. The van der Waals surface area contributed by atoms with Crippen LogP contribution in [-0.2, 0) is 13.1 Å². The highest BCUT2D eigenvalue weighted by Crippen LogP contribution is 2.38. The second-order valence-corrected chi connectivity index (χ2v) is 5.87. The van der Waals surface area contributed by atoms with Crippen molar-refractivity contribution < 1.29 is 27.4 Å². The van der Waals surface area contributed by atoms with Crippen LogP contribution in [0.5, 0.6) is 17.2 Å².